The standard InChI is InChI=1S/C31H30ClF3/c1-2-3-4-5-21-6-8-22(9-7-21)10-11-23-13-17-27-26(18-23)16-15-25(31(27)35)14-12-24-19-28(33)30(32)29(34)20-24/h2-3,13,15-22H,4-11H2,1H3/b3-2+. The van der Waals surface area contributed by atoms with Gasteiger partial charge >= 0.3 is 0 Å². The minimum Gasteiger partial charge on any atom is -0.205 e. The third-order valence-electron chi connectivity index (χ3n) is 7.13. The fraction of sp³-hybridized carbons (Fsp3) is 0.355. The van der Waals surface area contributed by atoms with Crippen molar-refractivity contribution in [2.45, 2.75) is 58.3 Å². The van der Waals surface area contributed by atoms with Crippen LogP contribution in [-0.2, 0) is 6.42 Å². The maximum absolute atomic E-state index is 15.1. The van der Waals surface area contributed by atoms with E-state index in [-0.39, 0.29) is 11.1 Å². The molecule has 0 heterocycles. The molecule has 0 spiro atoms. The van der Waals surface area contributed by atoms with Crippen molar-refractivity contribution in [3.05, 3.63) is 93.8 Å². The Balaban J connectivity index is 1.39. The first-order valence-electron chi connectivity index (χ1n) is 12.4. The van der Waals surface area contributed by atoms with Crippen molar-refractivity contribution in [2.24, 2.45) is 11.8 Å². The summed E-state index contributed by atoms with van der Waals surface area (Å²) >= 11 is 5.50. The predicted molar refractivity (Wildman–Crippen MR) is 139 cm³/mol. The highest BCUT2D eigenvalue weighted by Gasteiger charge is 2.20. The average Bonchev–Trinajstić information content (AvgIpc) is 2.86. The molecular weight excluding hydrogens is 465 g/mol. The minimum atomic E-state index is -0.889. The lowest BCUT2D eigenvalue weighted by Crippen LogP contribution is -2.15. The van der Waals surface area contributed by atoms with Gasteiger partial charge in [-0.2, -0.15) is 0 Å². The molecule has 0 aromatic heterocycles. The summed E-state index contributed by atoms with van der Waals surface area (Å²) in [5.74, 6) is 4.77. The van der Waals surface area contributed by atoms with Crippen molar-refractivity contribution in [1.29, 1.82) is 0 Å². The van der Waals surface area contributed by atoms with Crippen LogP contribution in [-0.4, -0.2) is 0 Å². The summed E-state index contributed by atoms with van der Waals surface area (Å²) in [4.78, 5) is 0. The summed E-state index contributed by atoms with van der Waals surface area (Å²) in [6, 6.07) is 11.4. The summed E-state index contributed by atoms with van der Waals surface area (Å²) < 4.78 is 42.3. The summed E-state index contributed by atoms with van der Waals surface area (Å²) in [5, 5.41) is 0.758. The molecule has 4 rings (SSSR count). The first kappa shape index (κ1) is 25.4. The Labute approximate surface area is 211 Å². The molecule has 3 aromatic rings. The fourth-order valence-electron chi connectivity index (χ4n) is 5.04. The topological polar surface area (TPSA) is 0 Å². The lowest BCUT2D eigenvalue weighted by atomic mass is 9.78. The Bertz CT molecular complexity index is 1250. The van der Waals surface area contributed by atoms with E-state index in [4.69, 9.17) is 11.6 Å². The number of rotatable bonds is 6. The van der Waals surface area contributed by atoms with Gasteiger partial charge in [-0.25, -0.2) is 13.2 Å². The molecule has 35 heavy (non-hydrogen) atoms. The van der Waals surface area contributed by atoms with Gasteiger partial charge in [0, 0.05) is 10.9 Å². The fourth-order valence-corrected chi connectivity index (χ4v) is 5.15. The first-order valence-corrected chi connectivity index (χ1v) is 12.8. The summed E-state index contributed by atoms with van der Waals surface area (Å²) in [5.41, 5.74) is 1.51. The molecule has 0 amide bonds. The molecule has 1 saturated carbocycles. The highest BCUT2D eigenvalue weighted by molar-refractivity contribution is 6.30. The van der Waals surface area contributed by atoms with Gasteiger partial charge in [-0.1, -0.05) is 85.5 Å². The van der Waals surface area contributed by atoms with Crippen LogP contribution in [0.15, 0.2) is 54.6 Å². The van der Waals surface area contributed by atoms with Crippen molar-refractivity contribution in [3.63, 3.8) is 0 Å². The predicted octanol–water partition coefficient (Wildman–Crippen LogP) is 9.41. The Morgan fingerprint density at radius 1 is 0.886 bits per heavy atom. The van der Waals surface area contributed by atoms with E-state index in [0.29, 0.717) is 5.39 Å². The van der Waals surface area contributed by atoms with Crippen LogP contribution in [0.3, 0.4) is 0 Å². The quantitative estimate of drug-likeness (QED) is 0.182. The second-order valence-electron chi connectivity index (χ2n) is 9.56. The second-order valence-corrected chi connectivity index (χ2v) is 9.94. The maximum atomic E-state index is 15.1. The maximum Gasteiger partial charge on any atom is 0.146 e. The Morgan fingerprint density at radius 2 is 1.57 bits per heavy atom. The van der Waals surface area contributed by atoms with Crippen LogP contribution in [0, 0.1) is 41.1 Å². The largest absolute Gasteiger partial charge is 0.205 e. The van der Waals surface area contributed by atoms with Gasteiger partial charge in [0.1, 0.15) is 22.5 Å². The van der Waals surface area contributed by atoms with Gasteiger partial charge < -0.3 is 0 Å². The molecule has 1 fully saturated rings. The molecule has 1 aliphatic rings. The second kappa shape index (κ2) is 11.8. The molecule has 0 nitrogen and oxygen atoms in total. The summed E-state index contributed by atoms with van der Waals surface area (Å²) in [6.45, 7) is 2.08. The lowest BCUT2D eigenvalue weighted by Gasteiger charge is -2.28. The van der Waals surface area contributed by atoms with Crippen molar-refractivity contribution < 1.29 is 13.2 Å². The van der Waals surface area contributed by atoms with E-state index in [9.17, 15) is 8.78 Å². The number of hydrogen-bond acceptors (Lipinski definition) is 0. The number of halogens is 4. The number of benzene rings is 3. The molecule has 0 saturated heterocycles. The van der Waals surface area contributed by atoms with E-state index in [1.54, 1.807) is 6.07 Å². The van der Waals surface area contributed by atoms with Gasteiger partial charge in [0.15, 0.2) is 0 Å². The number of aryl methyl sites for hydroxylation is 1. The highest BCUT2D eigenvalue weighted by Crippen LogP contribution is 2.34. The van der Waals surface area contributed by atoms with Gasteiger partial charge in [-0.05, 0) is 73.6 Å². The summed E-state index contributed by atoms with van der Waals surface area (Å²) in [6.07, 6.45) is 14.4. The van der Waals surface area contributed by atoms with Crippen LogP contribution in [0.2, 0.25) is 5.02 Å². The molecule has 0 radical (unpaired) electrons. The SMILES string of the molecule is C/C=C/CCC1CCC(CCc2ccc3c(F)c(C#Cc4cc(F)c(Cl)c(F)c4)ccc3c2)CC1. The third-order valence-corrected chi connectivity index (χ3v) is 7.49. The Hall–Kier alpha value is -2.70. The molecule has 1 aliphatic carbocycles. The molecule has 3 aromatic carbocycles. The number of hydrogen-bond donors (Lipinski definition) is 0. The molecule has 0 unspecified atom stereocenters. The lowest BCUT2D eigenvalue weighted by molar-refractivity contribution is 0.254. The van der Waals surface area contributed by atoms with E-state index in [1.165, 1.54) is 50.5 Å². The molecule has 0 aliphatic heterocycles. The zero-order chi connectivity index (χ0) is 24.8. The van der Waals surface area contributed by atoms with Crippen LogP contribution in [0.4, 0.5) is 13.2 Å². The van der Waals surface area contributed by atoms with Crippen molar-refractivity contribution in [2.75, 3.05) is 0 Å². The summed E-state index contributed by atoms with van der Waals surface area (Å²) in [7, 11) is 0. The van der Waals surface area contributed by atoms with E-state index in [0.717, 1.165) is 35.8 Å². The smallest absolute Gasteiger partial charge is 0.146 e. The van der Waals surface area contributed by atoms with Gasteiger partial charge in [-0.15, -0.1) is 0 Å². The van der Waals surface area contributed by atoms with Crippen molar-refractivity contribution in [3.8, 4) is 11.8 Å². The average molecular weight is 495 g/mol. The molecule has 4 heteroatoms. The normalized spacial score (nSPS) is 18.1. The monoisotopic (exact) mass is 494 g/mol. The van der Waals surface area contributed by atoms with Gasteiger partial charge in [0.25, 0.3) is 0 Å². The Kier molecular flexibility index (Phi) is 8.58. The van der Waals surface area contributed by atoms with Gasteiger partial charge in [0.2, 0.25) is 0 Å². The van der Waals surface area contributed by atoms with E-state index in [2.05, 4.69) is 37.0 Å². The van der Waals surface area contributed by atoms with Crippen molar-refractivity contribution >= 4 is 22.4 Å². The van der Waals surface area contributed by atoms with E-state index in [1.807, 2.05) is 18.2 Å². The first-order chi connectivity index (χ1) is 16.9. The zero-order valence-electron chi connectivity index (χ0n) is 20.0. The molecule has 0 N–H and O–H groups in total. The highest BCUT2D eigenvalue weighted by atomic mass is 35.5. The zero-order valence-corrected chi connectivity index (χ0v) is 20.8. The van der Waals surface area contributed by atoms with Crippen LogP contribution in [0.25, 0.3) is 10.8 Å². The molecule has 0 bridgehead atoms. The van der Waals surface area contributed by atoms with Crippen molar-refractivity contribution in [1.82, 2.24) is 0 Å². The number of fused-ring (bicyclic) bond motifs is 1. The molecule has 182 valence electrons. The van der Waals surface area contributed by atoms with Crippen LogP contribution in [0.5, 0.6) is 0 Å². The van der Waals surface area contributed by atoms with Crippen LogP contribution >= 0.6 is 11.6 Å². The Morgan fingerprint density at radius 3 is 2.26 bits per heavy atom. The number of allylic oxidation sites excluding steroid dienone is 2. The van der Waals surface area contributed by atoms with Crippen LogP contribution < -0.4 is 0 Å². The van der Waals surface area contributed by atoms with Gasteiger partial charge in [-0.3, -0.25) is 0 Å². The van der Waals surface area contributed by atoms with E-state index >= 15 is 4.39 Å². The van der Waals surface area contributed by atoms with Crippen LogP contribution in [0.1, 0.15) is 68.6 Å². The molecule has 0 atom stereocenters. The van der Waals surface area contributed by atoms with Gasteiger partial charge in [0.05, 0.1) is 5.56 Å². The minimum absolute atomic E-state index is 0.103. The molecular formula is C31H30ClF3. The third kappa shape index (κ3) is 6.50. The van der Waals surface area contributed by atoms with E-state index < -0.39 is 22.5 Å².